The van der Waals surface area contributed by atoms with E-state index < -0.39 is 32.0 Å². The molecule has 1 saturated carbocycles. The van der Waals surface area contributed by atoms with Crippen molar-refractivity contribution >= 4 is 11.6 Å². The second kappa shape index (κ2) is 13.8. The average Bonchev–Trinajstić information content (AvgIpc) is 3.75. The van der Waals surface area contributed by atoms with Crippen LogP contribution in [0.1, 0.15) is 67.5 Å². The zero-order chi connectivity index (χ0) is 32.3. The van der Waals surface area contributed by atoms with Gasteiger partial charge in [0.15, 0.2) is 5.84 Å². The van der Waals surface area contributed by atoms with Crippen molar-refractivity contribution in [1.82, 2.24) is 24.6 Å². The lowest BCUT2D eigenvalue weighted by atomic mass is 9.92. The van der Waals surface area contributed by atoms with Crippen LogP contribution in [-0.4, -0.2) is 73.3 Å². The summed E-state index contributed by atoms with van der Waals surface area (Å²) in [5, 5.41) is 24.1. The summed E-state index contributed by atoms with van der Waals surface area (Å²) in [5.41, 5.74) is 5.56. The van der Waals surface area contributed by atoms with E-state index in [9.17, 15) is 23.8 Å². The van der Waals surface area contributed by atoms with Gasteiger partial charge in [0.05, 0.1) is 18.4 Å². The molecule has 244 valence electrons. The number of aliphatic hydroxyl groups is 2. The number of amidine groups is 1. The number of hydrogen-bond donors (Lipinski definition) is 3. The maximum atomic E-state index is 14.3. The predicted molar refractivity (Wildman–Crippen MR) is 167 cm³/mol. The van der Waals surface area contributed by atoms with Crippen molar-refractivity contribution in [1.29, 1.82) is 0 Å². The van der Waals surface area contributed by atoms with E-state index in [-0.39, 0.29) is 17.7 Å². The predicted octanol–water partition coefficient (Wildman–Crippen LogP) is 3.83. The monoisotopic (exact) mass is 636 g/mol. The first-order valence-electron chi connectivity index (χ1n) is 15.6. The van der Waals surface area contributed by atoms with Gasteiger partial charge in [-0.25, -0.2) is 28.6 Å². The molecule has 1 aliphatic heterocycles. The number of ether oxygens (including phenoxy) is 1. The van der Waals surface area contributed by atoms with Gasteiger partial charge in [-0.05, 0) is 48.8 Å². The highest BCUT2D eigenvalue weighted by atomic mass is 19.1. The Bertz CT molecular complexity index is 1750. The number of nitrogens with zero attached hydrogens (tertiary/aromatic N) is 5. The molecule has 11 nitrogen and oxygen atoms in total. The Morgan fingerprint density at radius 2 is 1.78 bits per heavy atom. The number of benzene rings is 2. The molecule has 4 aromatic rings. The Morgan fingerprint density at radius 3 is 2.43 bits per heavy atom. The van der Waals surface area contributed by atoms with Crippen molar-refractivity contribution in [2.24, 2.45) is 4.99 Å². The topological polar surface area (TPSA) is 136 Å². The van der Waals surface area contributed by atoms with E-state index in [1.807, 2.05) is 48.5 Å². The van der Waals surface area contributed by atoms with E-state index in [4.69, 9.17) is 9.57 Å². The van der Waals surface area contributed by atoms with Gasteiger partial charge < -0.3 is 14.9 Å². The molecule has 0 amide bonds. The van der Waals surface area contributed by atoms with Crippen LogP contribution in [-0.2, 0) is 22.4 Å². The summed E-state index contributed by atoms with van der Waals surface area (Å²) in [5.74, 6) is 0.940. The summed E-state index contributed by atoms with van der Waals surface area (Å²) in [4.78, 5) is 27.8. The van der Waals surface area contributed by atoms with Crippen LogP contribution < -0.4 is 11.0 Å². The zero-order valence-electron chi connectivity index (χ0n) is 25.6. The quantitative estimate of drug-likeness (QED) is 0.214. The number of fused-ring (bicyclic) bond motifs is 1. The van der Waals surface area contributed by atoms with Gasteiger partial charge in [0.2, 0.25) is 5.78 Å². The molecule has 1 atom stereocenters. The van der Waals surface area contributed by atoms with Crippen molar-refractivity contribution in [2.45, 2.75) is 76.0 Å². The van der Waals surface area contributed by atoms with Crippen LogP contribution in [0.25, 0.3) is 16.9 Å². The number of aryl methyl sites for hydroxylation is 1. The normalized spacial score (nSPS) is 20.2. The lowest BCUT2D eigenvalue weighted by Crippen LogP contribution is -2.41. The highest BCUT2D eigenvalue weighted by Crippen LogP contribution is 2.32. The number of aliphatic hydroxyl groups excluding tert-OH is 1. The number of rotatable bonds is 12. The van der Waals surface area contributed by atoms with Crippen LogP contribution >= 0.6 is 0 Å². The third kappa shape index (κ3) is 6.45. The van der Waals surface area contributed by atoms with Crippen molar-refractivity contribution in [3.63, 3.8) is 0 Å². The summed E-state index contributed by atoms with van der Waals surface area (Å²) >= 11 is 0. The van der Waals surface area contributed by atoms with E-state index in [1.165, 1.54) is 6.33 Å². The second-order valence-corrected chi connectivity index (χ2v) is 12.0. The van der Waals surface area contributed by atoms with Gasteiger partial charge in [-0.1, -0.05) is 61.9 Å². The van der Waals surface area contributed by atoms with Crippen molar-refractivity contribution in [3.8, 4) is 11.1 Å². The van der Waals surface area contributed by atoms with Crippen molar-refractivity contribution in [2.75, 3.05) is 20.0 Å². The number of aliphatic imine (C=N–C) groups is 1. The minimum absolute atomic E-state index is 0.101. The van der Waals surface area contributed by atoms with Crippen molar-refractivity contribution in [3.05, 3.63) is 87.6 Å². The first-order chi connectivity index (χ1) is 22.3. The standard InChI is InChI=1S/C33H38F2N6O5/c1-2-5-28-27(16-21-8-10-22(11-9-21)25-6-3-4-7-26(25)29-38-32(43)46-39-29)30(42)40(31-36-20-37-41(28)31)23-12-14-24(15-13-23)45-19-33(44,17-34)18-35/h3-4,6-11,20,23-24,32,43-44H,2,5,12-19H2,1H3,(H,38,39). The molecule has 6 rings (SSSR count). The van der Waals surface area contributed by atoms with Crippen LogP contribution in [0, 0.1) is 0 Å². The SMILES string of the molecule is CCCc1c(Cc2ccc(-c3ccccc3C3=NC(O)ON3)cc2)c(=O)n(C2CCC(OCC(O)(CF)CF)CC2)c2ncnn12. The van der Waals surface area contributed by atoms with Crippen LogP contribution in [0.2, 0.25) is 0 Å². The summed E-state index contributed by atoms with van der Waals surface area (Å²) in [6, 6.07) is 15.6. The third-order valence-corrected chi connectivity index (χ3v) is 8.74. The van der Waals surface area contributed by atoms with Gasteiger partial charge in [-0.2, -0.15) is 10.1 Å². The minimum atomic E-state index is -2.12. The summed E-state index contributed by atoms with van der Waals surface area (Å²) in [6.45, 7) is -0.773. The number of alkyl halides is 2. The maximum Gasteiger partial charge on any atom is 0.280 e. The third-order valence-electron chi connectivity index (χ3n) is 8.74. The highest BCUT2D eigenvalue weighted by Gasteiger charge is 2.32. The molecule has 1 aliphatic carbocycles. The van der Waals surface area contributed by atoms with Gasteiger partial charge >= 0.3 is 0 Å². The molecule has 2 aromatic carbocycles. The van der Waals surface area contributed by atoms with Gasteiger partial charge in [0.25, 0.3) is 12.0 Å². The van der Waals surface area contributed by atoms with Crippen LogP contribution in [0.4, 0.5) is 8.78 Å². The Morgan fingerprint density at radius 1 is 1.07 bits per heavy atom. The largest absolute Gasteiger partial charge is 0.382 e. The zero-order valence-corrected chi connectivity index (χ0v) is 25.6. The van der Waals surface area contributed by atoms with Gasteiger partial charge in [0, 0.05) is 23.6 Å². The Balaban J connectivity index is 1.26. The first kappa shape index (κ1) is 31.9. The molecule has 0 bridgehead atoms. The van der Waals surface area contributed by atoms with E-state index >= 15 is 0 Å². The number of hydrogen-bond acceptors (Lipinski definition) is 9. The summed E-state index contributed by atoms with van der Waals surface area (Å²) < 4.78 is 35.3. The fourth-order valence-electron chi connectivity index (χ4n) is 6.28. The van der Waals surface area contributed by atoms with Crippen LogP contribution in [0.15, 0.2) is 64.6 Å². The molecular weight excluding hydrogens is 598 g/mol. The van der Waals surface area contributed by atoms with Gasteiger partial charge in [0.1, 0.15) is 25.3 Å². The molecule has 3 N–H and O–H groups in total. The number of aromatic nitrogens is 4. The average molecular weight is 637 g/mol. The first-order valence-corrected chi connectivity index (χ1v) is 15.6. The lowest BCUT2D eigenvalue weighted by Gasteiger charge is -2.32. The molecule has 2 aromatic heterocycles. The Labute approximate surface area is 264 Å². The van der Waals surface area contributed by atoms with Crippen molar-refractivity contribution < 1.29 is 28.6 Å². The number of nitrogens with one attached hydrogen (secondary N) is 1. The van der Waals surface area contributed by atoms with Crippen LogP contribution in [0.3, 0.4) is 0 Å². The van der Waals surface area contributed by atoms with E-state index in [0.29, 0.717) is 55.7 Å². The van der Waals surface area contributed by atoms with E-state index in [0.717, 1.165) is 34.4 Å². The smallest absolute Gasteiger partial charge is 0.280 e. The van der Waals surface area contributed by atoms with E-state index in [1.54, 1.807) is 9.08 Å². The number of hydroxylamine groups is 1. The molecule has 13 heteroatoms. The van der Waals surface area contributed by atoms with E-state index in [2.05, 4.69) is 27.5 Å². The molecule has 1 unspecified atom stereocenters. The highest BCUT2D eigenvalue weighted by molar-refractivity contribution is 6.04. The summed E-state index contributed by atoms with van der Waals surface area (Å²) in [7, 11) is 0. The molecule has 3 heterocycles. The minimum Gasteiger partial charge on any atom is -0.382 e. The summed E-state index contributed by atoms with van der Waals surface area (Å²) in [6.07, 6.45) is 4.22. The molecule has 0 saturated heterocycles. The Kier molecular flexibility index (Phi) is 9.54. The molecule has 0 radical (unpaired) electrons. The van der Waals surface area contributed by atoms with Gasteiger partial charge in [-0.15, -0.1) is 0 Å². The number of halogens is 2. The fraction of sp³-hybridized carbons (Fsp3) is 0.455. The fourth-order valence-corrected chi connectivity index (χ4v) is 6.28. The lowest BCUT2D eigenvalue weighted by molar-refractivity contribution is -0.102. The molecule has 1 fully saturated rings. The maximum absolute atomic E-state index is 14.3. The van der Waals surface area contributed by atoms with Gasteiger partial charge in [-0.3, -0.25) is 9.36 Å². The molecule has 2 aliphatic rings. The molecule has 0 spiro atoms. The molecule has 46 heavy (non-hydrogen) atoms. The second-order valence-electron chi connectivity index (χ2n) is 12.0. The van der Waals surface area contributed by atoms with Crippen LogP contribution in [0.5, 0.6) is 0 Å². The Hall–Kier alpha value is -4.04. The molecular formula is C33H38F2N6O5.